The number of hydrogen-bond donors (Lipinski definition) is 2. The minimum absolute atomic E-state index is 0.350. The molecule has 106 valence electrons. The number of carbonyl (C=O) groups is 1. The van der Waals surface area contributed by atoms with Gasteiger partial charge in [0.2, 0.25) is 0 Å². The number of aldehydes is 1. The van der Waals surface area contributed by atoms with Crippen LogP contribution in [0, 0.1) is 5.92 Å². The van der Waals surface area contributed by atoms with E-state index in [-0.39, 0.29) is 0 Å². The normalized spacial score (nSPS) is 27.0. The molecule has 0 amide bonds. The van der Waals surface area contributed by atoms with E-state index in [1.807, 2.05) is 32.4 Å². The molecule has 0 spiro atoms. The minimum Gasteiger partial charge on any atom is -0.392 e. The van der Waals surface area contributed by atoms with Crippen molar-refractivity contribution in [2.24, 2.45) is 5.92 Å². The van der Waals surface area contributed by atoms with Crippen molar-refractivity contribution in [1.29, 1.82) is 0 Å². The minimum atomic E-state index is 0.350. The van der Waals surface area contributed by atoms with Crippen molar-refractivity contribution in [3.63, 3.8) is 0 Å². The average Bonchev–Trinajstić information content (AvgIpc) is 2.63. The second-order valence-corrected chi connectivity index (χ2v) is 4.74. The van der Waals surface area contributed by atoms with Crippen LogP contribution in [-0.2, 0) is 4.79 Å². The Hall–Kier alpha value is -1.55. The fourth-order valence-electron chi connectivity index (χ4n) is 2.73. The molecular formula is C15H25N3O. The van der Waals surface area contributed by atoms with Crippen LogP contribution in [0.25, 0.3) is 0 Å². The molecule has 1 aliphatic rings. The molecule has 0 radical (unpaired) electrons. The maximum atomic E-state index is 11.0. The summed E-state index contributed by atoms with van der Waals surface area (Å²) in [6, 6.07) is 0.350. The number of nitrogens with one attached hydrogen (secondary N) is 2. The molecule has 1 aliphatic heterocycles. The van der Waals surface area contributed by atoms with E-state index in [1.165, 1.54) is 5.57 Å². The molecule has 0 saturated carbocycles. The van der Waals surface area contributed by atoms with Crippen molar-refractivity contribution < 1.29 is 4.79 Å². The molecule has 19 heavy (non-hydrogen) atoms. The summed E-state index contributed by atoms with van der Waals surface area (Å²) in [6.45, 7) is 7.37. The lowest BCUT2D eigenvalue weighted by Crippen LogP contribution is -2.35. The highest BCUT2D eigenvalue weighted by Gasteiger charge is 2.37. The first kappa shape index (κ1) is 15.5. The van der Waals surface area contributed by atoms with E-state index in [2.05, 4.69) is 29.0 Å². The summed E-state index contributed by atoms with van der Waals surface area (Å²) < 4.78 is 0. The lowest BCUT2D eigenvalue weighted by atomic mass is 9.94. The van der Waals surface area contributed by atoms with Crippen molar-refractivity contribution in [1.82, 2.24) is 15.5 Å². The van der Waals surface area contributed by atoms with Gasteiger partial charge in [0.1, 0.15) is 6.29 Å². The van der Waals surface area contributed by atoms with Gasteiger partial charge >= 0.3 is 0 Å². The first-order valence-corrected chi connectivity index (χ1v) is 6.76. The Bertz CT molecular complexity index is 374. The molecule has 1 heterocycles. The second-order valence-electron chi connectivity index (χ2n) is 4.74. The zero-order chi connectivity index (χ0) is 14.3. The lowest BCUT2D eigenvalue weighted by molar-refractivity contribution is -0.108. The standard InChI is InChI=1S/C15H25N3O/c1-5-6-13-12(2)14(7-8-16-3)18(9-10-19)15(13)11-17-4/h5-6,10-12,14,16-17H,1,7-9H2,2-4H3/b13-6-,15-11-/t12-,14?/m0/s1. The number of rotatable bonds is 7. The number of hydrogen-bond acceptors (Lipinski definition) is 4. The Kier molecular flexibility index (Phi) is 6.36. The molecule has 1 fully saturated rings. The average molecular weight is 263 g/mol. The molecule has 0 aliphatic carbocycles. The van der Waals surface area contributed by atoms with Crippen molar-refractivity contribution in [3.8, 4) is 0 Å². The molecule has 1 saturated heterocycles. The van der Waals surface area contributed by atoms with Gasteiger partial charge in [0.15, 0.2) is 0 Å². The Morgan fingerprint density at radius 2 is 2.16 bits per heavy atom. The van der Waals surface area contributed by atoms with Crippen molar-refractivity contribution in [3.05, 3.63) is 36.2 Å². The fraction of sp³-hybridized carbons (Fsp3) is 0.533. The molecule has 2 atom stereocenters. The smallest absolute Gasteiger partial charge is 0.139 e. The van der Waals surface area contributed by atoms with Crippen LogP contribution in [0.4, 0.5) is 0 Å². The van der Waals surface area contributed by atoms with Gasteiger partial charge < -0.3 is 20.3 Å². The van der Waals surface area contributed by atoms with Crippen LogP contribution in [0.15, 0.2) is 36.2 Å². The summed E-state index contributed by atoms with van der Waals surface area (Å²) >= 11 is 0. The molecule has 0 aromatic carbocycles. The van der Waals surface area contributed by atoms with Gasteiger partial charge in [-0.3, -0.25) is 0 Å². The summed E-state index contributed by atoms with van der Waals surface area (Å²) in [5, 5.41) is 6.26. The van der Waals surface area contributed by atoms with Gasteiger partial charge in [-0.15, -0.1) is 0 Å². The molecule has 4 nitrogen and oxygen atoms in total. The third kappa shape index (κ3) is 3.47. The molecule has 4 heteroatoms. The van der Waals surface area contributed by atoms with E-state index in [9.17, 15) is 4.79 Å². The predicted octanol–water partition coefficient (Wildman–Crippen LogP) is 1.29. The van der Waals surface area contributed by atoms with Crippen LogP contribution >= 0.6 is 0 Å². The fourth-order valence-corrected chi connectivity index (χ4v) is 2.73. The van der Waals surface area contributed by atoms with Crippen molar-refractivity contribution in [2.45, 2.75) is 19.4 Å². The Balaban J connectivity index is 3.09. The van der Waals surface area contributed by atoms with Gasteiger partial charge in [-0.2, -0.15) is 0 Å². The van der Waals surface area contributed by atoms with E-state index in [4.69, 9.17) is 0 Å². The predicted molar refractivity (Wildman–Crippen MR) is 79.7 cm³/mol. The molecule has 1 unspecified atom stereocenters. The molecule has 0 bridgehead atoms. The van der Waals surface area contributed by atoms with Gasteiger partial charge in [0.05, 0.1) is 12.2 Å². The van der Waals surface area contributed by atoms with Crippen LogP contribution < -0.4 is 10.6 Å². The van der Waals surface area contributed by atoms with Crippen LogP contribution in [-0.4, -0.2) is 44.4 Å². The summed E-state index contributed by atoms with van der Waals surface area (Å²) in [6.07, 6.45) is 7.81. The Labute approximate surface area is 116 Å². The Morgan fingerprint density at radius 3 is 2.68 bits per heavy atom. The van der Waals surface area contributed by atoms with E-state index < -0.39 is 0 Å². The highest BCUT2D eigenvalue weighted by Crippen LogP contribution is 2.38. The van der Waals surface area contributed by atoms with Crippen molar-refractivity contribution >= 4 is 6.29 Å². The Morgan fingerprint density at radius 1 is 1.42 bits per heavy atom. The molecule has 2 N–H and O–H groups in total. The molecular weight excluding hydrogens is 238 g/mol. The number of allylic oxidation sites excluding steroid dienone is 3. The molecule has 0 aromatic rings. The third-order valence-electron chi connectivity index (χ3n) is 3.61. The van der Waals surface area contributed by atoms with Gasteiger partial charge in [-0.25, -0.2) is 0 Å². The van der Waals surface area contributed by atoms with Crippen molar-refractivity contribution in [2.75, 3.05) is 27.2 Å². The SMILES string of the molecule is C=C/C=C1\C(=C\NC)N(CC=O)C(CCNC)[C@H]1C. The second kappa shape index (κ2) is 7.79. The maximum absolute atomic E-state index is 11.0. The van der Waals surface area contributed by atoms with Gasteiger partial charge in [0.25, 0.3) is 0 Å². The van der Waals surface area contributed by atoms with Crippen LogP contribution in [0.2, 0.25) is 0 Å². The zero-order valence-electron chi connectivity index (χ0n) is 12.1. The summed E-state index contributed by atoms with van der Waals surface area (Å²) in [5.74, 6) is 0.394. The summed E-state index contributed by atoms with van der Waals surface area (Å²) in [5.41, 5.74) is 2.34. The van der Waals surface area contributed by atoms with E-state index in [0.717, 1.165) is 24.9 Å². The maximum Gasteiger partial charge on any atom is 0.139 e. The monoisotopic (exact) mass is 263 g/mol. The largest absolute Gasteiger partial charge is 0.392 e. The third-order valence-corrected chi connectivity index (χ3v) is 3.61. The van der Waals surface area contributed by atoms with Crippen LogP contribution in [0.5, 0.6) is 0 Å². The first-order chi connectivity index (χ1) is 9.21. The number of likely N-dealkylation sites (tertiary alicyclic amines) is 1. The number of nitrogens with zero attached hydrogens (tertiary/aromatic N) is 1. The highest BCUT2D eigenvalue weighted by molar-refractivity contribution is 5.55. The first-order valence-electron chi connectivity index (χ1n) is 6.76. The lowest BCUT2D eigenvalue weighted by Gasteiger charge is -2.27. The summed E-state index contributed by atoms with van der Waals surface area (Å²) in [7, 11) is 3.83. The molecule has 1 rings (SSSR count). The number of carbonyl (C=O) groups excluding carboxylic acids is 1. The molecule has 0 aromatic heterocycles. The van der Waals surface area contributed by atoms with E-state index in [0.29, 0.717) is 18.5 Å². The quantitative estimate of drug-likeness (QED) is 0.679. The topological polar surface area (TPSA) is 44.4 Å². The van der Waals surface area contributed by atoms with E-state index >= 15 is 0 Å². The van der Waals surface area contributed by atoms with Crippen LogP contribution in [0.3, 0.4) is 0 Å². The van der Waals surface area contributed by atoms with Gasteiger partial charge in [0, 0.05) is 25.2 Å². The zero-order valence-corrected chi connectivity index (χ0v) is 12.1. The van der Waals surface area contributed by atoms with Gasteiger partial charge in [-0.05, 0) is 25.6 Å². The van der Waals surface area contributed by atoms with E-state index in [1.54, 1.807) is 0 Å². The summed E-state index contributed by atoms with van der Waals surface area (Å²) in [4.78, 5) is 13.1. The highest BCUT2D eigenvalue weighted by atomic mass is 16.1. The van der Waals surface area contributed by atoms with Crippen LogP contribution in [0.1, 0.15) is 13.3 Å². The van der Waals surface area contributed by atoms with Gasteiger partial charge in [-0.1, -0.05) is 25.7 Å².